The first-order valence-corrected chi connectivity index (χ1v) is 8.09. The van der Waals surface area contributed by atoms with Gasteiger partial charge in [0, 0.05) is 31.2 Å². The first-order chi connectivity index (χ1) is 9.54. The predicted molar refractivity (Wildman–Crippen MR) is 85.2 cm³/mol. The minimum atomic E-state index is 0.186. The van der Waals surface area contributed by atoms with E-state index in [1.165, 1.54) is 43.5 Å². The van der Waals surface area contributed by atoms with Gasteiger partial charge in [-0.15, -0.1) is 0 Å². The van der Waals surface area contributed by atoms with Gasteiger partial charge in [0.25, 0.3) is 0 Å². The summed E-state index contributed by atoms with van der Waals surface area (Å²) in [5.74, 6) is 1.32. The van der Waals surface area contributed by atoms with E-state index >= 15 is 0 Å². The molecule has 1 aliphatic rings. The van der Waals surface area contributed by atoms with E-state index in [1.807, 2.05) is 0 Å². The Morgan fingerprint density at radius 3 is 2.80 bits per heavy atom. The van der Waals surface area contributed by atoms with Crippen molar-refractivity contribution < 1.29 is 0 Å². The molecule has 4 heteroatoms. The van der Waals surface area contributed by atoms with Crippen molar-refractivity contribution in [2.75, 3.05) is 11.4 Å². The van der Waals surface area contributed by atoms with E-state index in [-0.39, 0.29) is 6.04 Å². The first-order valence-electron chi connectivity index (χ1n) is 8.09. The van der Waals surface area contributed by atoms with Crippen LogP contribution in [0.3, 0.4) is 0 Å². The lowest BCUT2D eigenvalue weighted by Gasteiger charge is -2.38. The number of aryl methyl sites for hydroxylation is 2. The average Bonchev–Trinajstić information content (AvgIpc) is 2.65. The molecule has 0 saturated carbocycles. The molecule has 2 heterocycles. The summed E-state index contributed by atoms with van der Waals surface area (Å²) < 4.78 is 2.07. The van der Waals surface area contributed by atoms with Gasteiger partial charge in [0.15, 0.2) is 0 Å². The fourth-order valence-corrected chi connectivity index (χ4v) is 3.52. The number of aromatic nitrogens is 2. The van der Waals surface area contributed by atoms with Gasteiger partial charge < -0.3 is 10.6 Å². The minimum Gasteiger partial charge on any atom is -0.354 e. The van der Waals surface area contributed by atoms with Gasteiger partial charge >= 0.3 is 0 Å². The number of piperidine rings is 1. The van der Waals surface area contributed by atoms with Gasteiger partial charge in [-0.1, -0.05) is 13.3 Å². The minimum absolute atomic E-state index is 0.186. The molecule has 2 N–H and O–H groups in total. The standard InChI is InChI=1S/C16H30N4/c1-5-8-14-9-6-7-10-20(14)16-15(11-12(2)17)13(3)18-19(16)4/h12,14H,5-11,17H2,1-4H3. The number of anilines is 1. The van der Waals surface area contributed by atoms with Crippen LogP contribution in [0.5, 0.6) is 0 Å². The van der Waals surface area contributed by atoms with Gasteiger partial charge in [0.05, 0.1) is 5.69 Å². The van der Waals surface area contributed by atoms with Crippen LogP contribution in [0.15, 0.2) is 0 Å². The number of hydrogen-bond acceptors (Lipinski definition) is 3. The molecule has 2 unspecified atom stereocenters. The molecule has 2 rings (SSSR count). The lowest BCUT2D eigenvalue weighted by molar-refractivity contribution is 0.425. The Labute approximate surface area is 123 Å². The molecule has 0 spiro atoms. The van der Waals surface area contributed by atoms with Gasteiger partial charge in [-0.25, -0.2) is 0 Å². The summed E-state index contributed by atoms with van der Waals surface area (Å²) in [4.78, 5) is 2.60. The van der Waals surface area contributed by atoms with Crippen LogP contribution in [0.4, 0.5) is 5.82 Å². The van der Waals surface area contributed by atoms with Crippen molar-refractivity contribution in [1.82, 2.24) is 9.78 Å². The number of nitrogens with two attached hydrogens (primary N) is 1. The van der Waals surface area contributed by atoms with Crippen LogP contribution in [-0.4, -0.2) is 28.4 Å². The average molecular weight is 278 g/mol. The Kier molecular flexibility index (Phi) is 5.08. The molecule has 2 atom stereocenters. The Morgan fingerprint density at radius 1 is 1.40 bits per heavy atom. The molecule has 0 aliphatic carbocycles. The van der Waals surface area contributed by atoms with Crippen molar-refractivity contribution in [1.29, 1.82) is 0 Å². The molecule has 114 valence electrons. The Bertz CT molecular complexity index is 434. The quantitative estimate of drug-likeness (QED) is 0.901. The van der Waals surface area contributed by atoms with Crippen LogP contribution in [-0.2, 0) is 13.5 Å². The highest BCUT2D eigenvalue weighted by molar-refractivity contribution is 5.51. The third-order valence-electron chi connectivity index (χ3n) is 4.36. The van der Waals surface area contributed by atoms with Crippen molar-refractivity contribution in [3.63, 3.8) is 0 Å². The van der Waals surface area contributed by atoms with Crippen LogP contribution in [0.2, 0.25) is 0 Å². The van der Waals surface area contributed by atoms with Gasteiger partial charge in [-0.2, -0.15) is 5.10 Å². The molecule has 1 aliphatic heterocycles. The maximum Gasteiger partial charge on any atom is 0.130 e. The van der Waals surface area contributed by atoms with Gasteiger partial charge in [0.2, 0.25) is 0 Å². The summed E-state index contributed by atoms with van der Waals surface area (Å²) in [6, 6.07) is 0.862. The second-order valence-corrected chi connectivity index (χ2v) is 6.32. The summed E-state index contributed by atoms with van der Waals surface area (Å²) in [6.07, 6.45) is 7.42. The normalized spacial score (nSPS) is 21.2. The molecule has 1 fully saturated rings. The Balaban J connectivity index is 2.33. The zero-order chi connectivity index (χ0) is 14.7. The van der Waals surface area contributed by atoms with E-state index in [4.69, 9.17) is 5.73 Å². The predicted octanol–water partition coefficient (Wildman–Crippen LogP) is 2.78. The van der Waals surface area contributed by atoms with Crippen molar-refractivity contribution in [2.45, 2.75) is 71.4 Å². The van der Waals surface area contributed by atoms with Crippen molar-refractivity contribution in [3.8, 4) is 0 Å². The molecule has 1 aromatic heterocycles. The summed E-state index contributed by atoms with van der Waals surface area (Å²) in [5, 5.41) is 4.65. The maximum absolute atomic E-state index is 6.04. The van der Waals surface area contributed by atoms with Crippen LogP contribution in [0.25, 0.3) is 0 Å². The second-order valence-electron chi connectivity index (χ2n) is 6.32. The molecule has 0 bridgehead atoms. The molecule has 0 amide bonds. The summed E-state index contributed by atoms with van der Waals surface area (Å²) >= 11 is 0. The van der Waals surface area contributed by atoms with Crippen LogP contribution in [0, 0.1) is 6.92 Å². The highest BCUT2D eigenvalue weighted by atomic mass is 15.4. The van der Waals surface area contributed by atoms with Crippen LogP contribution >= 0.6 is 0 Å². The highest BCUT2D eigenvalue weighted by Gasteiger charge is 2.27. The van der Waals surface area contributed by atoms with E-state index in [2.05, 4.69) is 42.5 Å². The smallest absolute Gasteiger partial charge is 0.130 e. The maximum atomic E-state index is 6.04. The van der Waals surface area contributed by atoms with Crippen LogP contribution in [0.1, 0.15) is 57.2 Å². The lowest BCUT2D eigenvalue weighted by atomic mass is 9.97. The fourth-order valence-electron chi connectivity index (χ4n) is 3.52. The molecule has 1 aromatic rings. The largest absolute Gasteiger partial charge is 0.354 e. The van der Waals surface area contributed by atoms with E-state index in [0.29, 0.717) is 6.04 Å². The summed E-state index contributed by atoms with van der Waals surface area (Å²) in [7, 11) is 2.07. The Morgan fingerprint density at radius 2 is 2.15 bits per heavy atom. The van der Waals surface area contributed by atoms with E-state index in [1.54, 1.807) is 0 Å². The topological polar surface area (TPSA) is 47.1 Å². The molecular weight excluding hydrogens is 248 g/mol. The van der Waals surface area contributed by atoms with Gasteiger partial charge in [0.1, 0.15) is 5.82 Å². The van der Waals surface area contributed by atoms with E-state index < -0.39 is 0 Å². The molecule has 0 aromatic carbocycles. The third-order valence-corrected chi connectivity index (χ3v) is 4.36. The Hall–Kier alpha value is -1.03. The van der Waals surface area contributed by atoms with Crippen molar-refractivity contribution >= 4 is 5.82 Å². The SMILES string of the molecule is CCCC1CCCCN1c1c(CC(C)N)c(C)nn1C. The lowest BCUT2D eigenvalue weighted by Crippen LogP contribution is -2.41. The molecule has 20 heavy (non-hydrogen) atoms. The summed E-state index contributed by atoms with van der Waals surface area (Å²) in [5.41, 5.74) is 8.53. The zero-order valence-corrected chi connectivity index (χ0v) is 13.5. The van der Waals surface area contributed by atoms with Crippen molar-refractivity contribution in [2.24, 2.45) is 12.8 Å². The van der Waals surface area contributed by atoms with E-state index in [0.717, 1.165) is 18.7 Å². The van der Waals surface area contributed by atoms with E-state index in [9.17, 15) is 0 Å². The third kappa shape index (κ3) is 3.17. The molecule has 1 saturated heterocycles. The van der Waals surface area contributed by atoms with Crippen molar-refractivity contribution in [3.05, 3.63) is 11.3 Å². The molecular formula is C16H30N4. The summed E-state index contributed by atoms with van der Waals surface area (Å²) in [6.45, 7) is 7.63. The van der Waals surface area contributed by atoms with Crippen LogP contribution < -0.4 is 10.6 Å². The number of nitrogens with zero attached hydrogens (tertiary/aromatic N) is 3. The molecule has 4 nitrogen and oxygen atoms in total. The monoisotopic (exact) mass is 278 g/mol. The highest BCUT2D eigenvalue weighted by Crippen LogP contribution is 2.31. The first kappa shape index (κ1) is 15.4. The van der Waals surface area contributed by atoms with Gasteiger partial charge in [-0.05, 0) is 46.0 Å². The zero-order valence-electron chi connectivity index (χ0n) is 13.5. The molecule has 0 radical (unpaired) electrons. The second kappa shape index (κ2) is 6.61. The number of rotatable bonds is 5. The number of hydrogen-bond donors (Lipinski definition) is 1. The van der Waals surface area contributed by atoms with Gasteiger partial charge in [-0.3, -0.25) is 4.68 Å². The fraction of sp³-hybridized carbons (Fsp3) is 0.812.